The van der Waals surface area contributed by atoms with Crippen LogP contribution in [0.2, 0.25) is 0 Å². The molecule has 1 amide bonds. The third-order valence-electron chi connectivity index (χ3n) is 5.45. The zero-order valence-electron chi connectivity index (χ0n) is 16.7. The van der Waals surface area contributed by atoms with Gasteiger partial charge in [-0.1, -0.05) is 18.2 Å². The first-order valence-electron chi connectivity index (χ1n) is 10.1. The highest BCUT2D eigenvalue weighted by molar-refractivity contribution is 7.09. The molecule has 1 aliphatic heterocycles. The number of para-hydroxylation sites is 1. The number of carbonyl (C=O) groups excluding carboxylic acids is 1. The number of likely N-dealkylation sites (tertiary alicyclic amines) is 1. The molecule has 7 heteroatoms. The van der Waals surface area contributed by atoms with Gasteiger partial charge in [0.25, 0.3) is 5.91 Å². The number of hydrogen-bond acceptors (Lipinski definition) is 5. The molecule has 0 spiro atoms. The summed E-state index contributed by atoms with van der Waals surface area (Å²) in [6.45, 7) is 3.32. The Morgan fingerprint density at radius 3 is 2.80 bits per heavy atom. The largest absolute Gasteiger partial charge is 0.460 e. The molecule has 6 nitrogen and oxygen atoms in total. The second-order valence-corrected chi connectivity index (χ2v) is 8.47. The van der Waals surface area contributed by atoms with E-state index in [1.54, 1.807) is 16.0 Å². The van der Waals surface area contributed by atoms with Crippen LogP contribution in [0.15, 0.2) is 64.7 Å². The smallest absolute Gasteiger partial charge is 0.257 e. The second kappa shape index (κ2) is 7.91. The van der Waals surface area contributed by atoms with Gasteiger partial charge in [-0.3, -0.25) is 4.79 Å². The fraction of sp³-hybridized carbons (Fsp3) is 0.261. The highest BCUT2D eigenvalue weighted by Gasteiger charge is 2.30. The topological polar surface area (TPSA) is 64.2 Å². The lowest BCUT2D eigenvalue weighted by Gasteiger charge is -2.31. The molecule has 4 aromatic rings. The molecule has 0 N–H and O–H groups in total. The van der Waals surface area contributed by atoms with Gasteiger partial charge < -0.3 is 9.32 Å². The number of piperidine rings is 1. The molecular weight excluding hydrogens is 396 g/mol. The first-order chi connectivity index (χ1) is 14.7. The molecule has 0 bridgehead atoms. The third kappa shape index (κ3) is 3.57. The Balaban J connectivity index is 1.50. The minimum Gasteiger partial charge on any atom is -0.460 e. The van der Waals surface area contributed by atoms with E-state index in [2.05, 4.69) is 4.98 Å². The summed E-state index contributed by atoms with van der Waals surface area (Å²) in [6, 6.07) is 13.6. The molecule has 1 aromatic carbocycles. The molecule has 5 rings (SSSR count). The summed E-state index contributed by atoms with van der Waals surface area (Å²) in [4.78, 5) is 20.0. The van der Waals surface area contributed by atoms with Crippen molar-refractivity contribution in [3.8, 4) is 17.1 Å². The number of nitrogens with zero attached hydrogens (tertiary/aromatic N) is 4. The zero-order valence-corrected chi connectivity index (χ0v) is 17.5. The molecule has 4 heterocycles. The second-order valence-electron chi connectivity index (χ2n) is 7.54. The maximum atomic E-state index is 13.6. The van der Waals surface area contributed by atoms with Crippen LogP contribution in [-0.2, 0) is 0 Å². The summed E-state index contributed by atoms with van der Waals surface area (Å²) < 4.78 is 7.57. The van der Waals surface area contributed by atoms with Crippen molar-refractivity contribution in [2.24, 2.45) is 0 Å². The monoisotopic (exact) mass is 418 g/mol. The summed E-state index contributed by atoms with van der Waals surface area (Å²) >= 11 is 1.66. The molecule has 1 unspecified atom stereocenters. The SMILES string of the molecule is Cc1ccc(-c2nn(-c3ccccc3)cc2C(=O)N2CCCC(c3nccs3)C2)o1. The number of aryl methyl sites for hydroxylation is 1. The molecule has 30 heavy (non-hydrogen) atoms. The van der Waals surface area contributed by atoms with E-state index in [4.69, 9.17) is 9.52 Å². The normalized spacial score (nSPS) is 16.7. The van der Waals surface area contributed by atoms with Crippen LogP contribution < -0.4 is 0 Å². The van der Waals surface area contributed by atoms with E-state index < -0.39 is 0 Å². The lowest BCUT2D eigenvalue weighted by atomic mass is 9.98. The Morgan fingerprint density at radius 1 is 1.20 bits per heavy atom. The van der Waals surface area contributed by atoms with Crippen molar-refractivity contribution < 1.29 is 9.21 Å². The number of benzene rings is 1. The summed E-state index contributed by atoms with van der Waals surface area (Å²) in [5.41, 5.74) is 2.04. The van der Waals surface area contributed by atoms with Crippen LogP contribution in [0.4, 0.5) is 0 Å². The lowest BCUT2D eigenvalue weighted by Crippen LogP contribution is -2.39. The van der Waals surface area contributed by atoms with E-state index >= 15 is 0 Å². The fourth-order valence-electron chi connectivity index (χ4n) is 3.96. The van der Waals surface area contributed by atoms with E-state index in [0.29, 0.717) is 29.5 Å². The summed E-state index contributed by atoms with van der Waals surface area (Å²) in [7, 11) is 0. The molecule has 0 saturated carbocycles. The number of amides is 1. The molecule has 1 fully saturated rings. The van der Waals surface area contributed by atoms with Gasteiger partial charge >= 0.3 is 0 Å². The van der Waals surface area contributed by atoms with Crippen LogP contribution in [-0.4, -0.2) is 38.7 Å². The van der Waals surface area contributed by atoms with Crippen LogP contribution in [0.25, 0.3) is 17.1 Å². The van der Waals surface area contributed by atoms with E-state index in [-0.39, 0.29) is 5.91 Å². The van der Waals surface area contributed by atoms with Gasteiger partial charge in [0.2, 0.25) is 0 Å². The molecule has 1 saturated heterocycles. The summed E-state index contributed by atoms with van der Waals surface area (Å²) in [6.07, 6.45) is 5.68. The van der Waals surface area contributed by atoms with Gasteiger partial charge in [-0.2, -0.15) is 5.10 Å². The number of rotatable bonds is 4. The minimum atomic E-state index is -0.0116. The molecule has 3 aromatic heterocycles. The Morgan fingerprint density at radius 2 is 2.07 bits per heavy atom. The number of aromatic nitrogens is 3. The Bertz CT molecular complexity index is 1150. The Hall–Kier alpha value is -3.19. The van der Waals surface area contributed by atoms with E-state index in [0.717, 1.165) is 35.8 Å². The first kappa shape index (κ1) is 18.8. The average molecular weight is 419 g/mol. The molecule has 152 valence electrons. The van der Waals surface area contributed by atoms with Crippen molar-refractivity contribution in [1.82, 2.24) is 19.7 Å². The van der Waals surface area contributed by atoms with Crippen molar-refractivity contribution in [2.75, 3.05) is 13.1 Å². The van der Waals surface area contributed by atoms with Gasteiger partial charge in [0, 0.05) is 36.8 Å². The molecular formula is C23H22N4O2S. The van der Waals surface area contributed by atoms with Crippen molar-refractivity contribution in [3.05, 3.63) is 76.6 Å². The Labute approximate surface area is 178 Å². The van der Waals surface area contributed by atoms with Crippen LogP contribution in [0.1, 0.15) is 39.9 Å². The number of hydrogen-bond donors (Lipinski definition) is 0. The van der Waals surface area contributed by atoms with Gasteiger partial charge in [-0.05, 0) is 44.0 Å². The van der Waals surface area contributed by atoms with Gasteiger partial charge in [0.15, 0.2) is 5.76 Å². The van der Waals surface area contributed by atoms with E-state index in [9.17, 15) is 4.79 Å². The highest BCUT2D eigenvalue weighted by Crippen LogP contribution is 2.31. The predicted molar refractivity (Wildman–Crippen MR) is 116 cm³/mol. The van der Waals surface area contributed by atoms with Gasteiger partial charge in [-0.25, -0.2) is 9.67 Å². The minimum absolute atomic E-state index is 0.0116. The first-order valence-corrected chi connectivity index (χ1v) is 11.0. The van der Waals surface area contributed by atoms with Gasteiger partial charge in [0.1, 0.15) is 11.5 Å². The third-order valence-corrected chi connectivity index (χ3v) is 6.39. The molecule has 1 aliphatic rings. The van der Waals surface area contributed by atoms with Crippen LogP contribution in [0.3, 0.4) is 0 Å². The molecule has 0 radical (unpaired) electrons. The van der Waals surface area contributed by atoms with Crippen molar-refractivity contribution in [3.63, 3.8) is 0 Å². The number of carbonyl (C=O) groups is 1. The predicted octanol–water partition coefficient (Wildman–Crippen LogP) is 4.92. The number of thiazole rings is 1. The molecule has 0 aliphatic carbocycles. The lowest BCUT2D eigenvalue weighted by molar-refractivity contribution is 0.0707. The standard InChI is InChI=1S/C23H22N4O2S/c1-16-9-10-20(29-16)21-19(15-27(25-21)18-7-3-2-4-8-18)23(28)26-12-5-6-17(14-26)22-24-11-13-30-22/h2-4,7-11,13,15,17H,5-6,12,14H2,1H3. The Kier molecular flexibility index (Phi) is 4.96. The van der Waals surface area contributed by atoms with Crippen molar-refractivity contribution in [1.29, 1.82) is 0 Å². The van der Waals surface area contributed by atoms with Crippen LogP contribution in [0.5, 0.6) is 0 Å². The van der Waals surface area contributed by atoms with Crippen molar-refractivity contribution >= 4 is 17.2 Å². The summed E-state index contributed by atoms with van der Waals surface area (Å²) in [5, 5.41) is 7.82. The fourth-order valence-corrected chi connectivity index (χ4v) is 4.72. The van der Waals surface area contributed by atoms with E-state index in [1.807, 2.05) is 72.1 Å². The molecule has 1 atom stereocenters. The highest BCUT2D eigenvalue weighted by atomic mass is 32.1. The quantitative estimate of drug-likeness (QED) is 0.472. The maximum Gasteiger partial charge on any atom is 0.257 e. The van der Waals surface area contributed by atoms with Gasteiger partial charge in [-0.15, -0.1) is 11.3 Å². The zero-order chi connectivity index (χ0) is 20.5. The average Bonchev–Trinajstić information content (AvgIpc) is 3.54. The maximum absolute atomic E-state index is 13.6. The number of furan rings is 1. The van der Waals surface area contributed by atoms with Crippen LogP contribution in [0, 0.1) is 6.92 Å². The van der Waals surface area contributed by atoms with Crippen LogP contribution >= 0.6 is 11.3 Å². The van der Waals surface area contributed by atoms with Crippen molar-refractivity contribution in [2.45, 2.75) is 25.7 Å². The van der Waals surface area contributed by atoms with E-state index in [1.165, 1.54) is 0 Å². The summed E-state index contributed by atoms with van der Waals surface area (Å²) in [5.74, 6) is 1.68. The van der Waals surface area contributed by atoms with Gasteiger partial charge in [0.05, 0.1) is 16.3 Å².